The maximum atomic E-state index is 5.72. The van der Waals surface area contributed by atoms with E-state index in [0.717, 1.165) is 51.0 Å². The highest BCUT2D eigenvalue weighted by atomic mass is 16.5. The van der Waals surface area contributed by atoms with E-state index in [0.29, 0.717) is 25.7 Å². The minimum Gasteiger partial charge on any atom is -0.382 e. The second-order valence-electron chi connectivity index (χ2n) is 7.76. The van der Waals surface area contributed by atoms with Crippen molar-refractivity contribution in [3.63, 3.8) is 0 Å². The lowest BCUT2D eigenvalue weighted by Gasteiger charge is -2.21. The molecule has 164 valence electrons. The molecule has 1 N–H and O–H groups in total. The molecule has 7 heteroatoms. The number of nitrogens with one attached hydrogen (secondary N) is 1. The van der Waals surface area contributed by atoms with Crippen LogP contribution in [0.15, 0.2) is 41.7 Å². The van der Waals surface area contributed by atoms with E-state index >= 15 is 0 Å². The molecule has 1 saturated heterocycles. The maximum Gasteiger partial charge on any atom is 0.194 e. The Labute approximate surface area is 180 Å². The highest BCUT2D eigenvalue weighted by Crippen LogP contribution is 2.17. The molecule has 0 spiro atoms. The third-order valence-corrected chi connectivity index (χ3v) is 5.38. The van der Waals surface area contributed by atoms with Gasteiger partial charge in [-0.15, -0.1) is 0 Å². The zero-order chi connectivity index (χ0) is 21.2. The summed E-state index contributed by atoms with van der Waals surface area (Å²) in [6, 6.07) is 8.66. The van der Waals surface area contributed by atoms with Gasteiger partial charge in [0.2, 0.25) is 0 Å². The van der Waals surface area contributed by atoms with E-state index in [1.807, 2.05) is 19.3 Å². The summed E-state index contributed by atoms with van der Waals surface area (Å²) in [6.45, 7) is 10.6. The zero-order valence-corrected chi connectivity index (χ0v) is 18.5. The van der Waals surface area contributed by atoms with Crippen LogP contribution < -0.4 is 5.32 Å². The molecule has 1 unspecified atom stereocenters. The van der Waals surface area contributed by atoms with Gasteiger partial charge in [0.25, 0.3) is 0 Å². The van der Waals surface area contributed by atoms with E-state index in [9.17, 15) is 0 Å². The Morgan fingerprint density at radius 3 is 2.93 bits per heavy atom. The van der Waals surface area contributed by atoms with Gasteiger partial charge in [0.05, 0.1) is 26.4 Å². The number of aromatic nitrogens is 2. The van der Waals surface area contributed by atoms with Crippen molar-refractivity contribution in [2.24, 2.45) is 10.9 Å². The number of aliphatic imine (C=N–C) groups is 1. The molecular formula is C23H35N5O2. The molecule has 0 amide bonds. The quantitative estimate of drug-likeness (QED) is 0.369. The minimum atomic E-state index is 0.549. The fraction of sp³-hybridized carbons (Fsp3) is 0.565. The topological polar surface area (TPSA) is 63.9 Å². The first-order valence-corrected chi connectivity index (χ1v) is 10.8. The molecule has 1 fully saturated rings. The lowest BCUT2D eigenvalue weighted by Crippen LogP contribution is -2.40. The Balaban J connectivity index is 1.57. The average molecular weight is 414 g/mol. The summed E-state index contributed by atoms with van der Waals surface area (Å²) in [4.78, 5) is 11.6. The molecule has 1 aliphatic heterocycles. The Hall–Kier alpha value is -2.38. The van der Waals surface area contributed by atoms with E-state index in [2.05, 4.69) is 51.0 Å². The van der Waals surface area contributed by atoms with Crippen molar-refractivity contribution >= 4 is 5.96 Å². The van der Waals surface area contributed by atoms with Crippen LogP contribution in [0.25, 0.3) is 0 Å². The summed E-state index contributed by atoms with van der Waals surface area (Å²) in [5, 5.41) is 3.45. The standard InChI is InChI=1S/C23H35N5O2/c1-4-24-23(28-10-8-22(17-28)18-30-13-12-29-3)26-15-20-6-5-7-21(14-20)16-27-11-9-25-19(27)2/h5-7,9,11,14,22H,4,8,10,12-13,15-18H2,1-3H3,(H,24,26). The van der Waals surface area contributed by atoms with Gasteiger partial charge in [-0.25, -0.2) is 9.98 Å². The Morgan fingerprint density at radius 1 is 1.30 bits per heavy atom. The third-order valence-electron chi connectivity index (χ3n) is 5.38. The maximum absolute atomic E-state index is 5.72. The summed E-state index contributed by atoms with van der Waals surface area (Å²) < 4.78 is 12.9. The van der Waals surface area contributed by atoms with Crippen LogP contribution >= 0.6 is 0 Å². The molecule has 1 aromatic carbocycles. The molecule has 7 nitrogen and oxygen atoms in total. The van der Waals surface area contributed by atoms with Crippen molar-refractivity contribution in [3.05, 3.63) is 53.6 Å². The summed E-state index contributed by atoms with van der Waals surface area (Å²) in [5.41, 5.74) is 2.49. The summed E-state index contributed by atoms with van der Waals surface area (Å²) in [5.74, 6) is 2.57. The van der Waals surface area contributed by atoms with Crippen LogP contribution in [-0.4, -0.2) is 67.0 Å². The summed E-state index contributed by atoms with van der Waals surface area (Å²) in [6.07, 6.45) is 5.00. The van der Waals surface area contributed by atoms with Gasteiger partial charge >= 0.3 is 0 Å². The molecule has 0 radical (unpaired) electrons. The van der Waals surface area contributed by atoms with Crippen LogP contribution in [-0.2, 0) is 22.6 Å². The zero-order valence-electron chi connectivity index (χ0n) is 18.5. The van der Waals surface area contributed by atoms with E-state index in [4.69, 9.17) is 14.5 Å². The number of likely N-dealkylation sites (tertiary alicyclic amines) is 1. The SMILES string of the molecule is CCNC(=NCc1cccc(Cn2ccnc2C)c1)N1CCC(COCCOC)C1. The number of nitrogens with zero attached hydrogens (tertiary/aromatic N) is 4. The fourth-order valence-corrected chi connectivity index (χ4v) is 3.74. The number of rotatable bonds is 10. The Bertz CT molecular complexity index is 804. The number of aryl methyl sites for hydroxylation is 1. The first-order chi connectivity index (χ1) is 14.7. The molecule has 2 aromatic rings. The third kappa shape index (κ3) is 6.57. The van der Waals surface area contributed by atoms with Crippen LogP contribution in [0.2, 0.25) is 0 Å². The van der Waals surface area contributed by atoms with Gasteiger partial charge in [0.1, 0.15) is 5.82 Å². The van der Waals surface area contributed by atoms with Gasteiger partial charge < -0.3 is 24.3 Å². The number of guanidine groups is 1. The lowest BCUT2D eigenvalue weighted by atomic mass is 10.1. The molecule has 1 atom stereocenters. The monoisotopic (exact) mass is 413 g/mol. The normalized spacial score (nSPS) is 17.0. The number of hydrogen-bond acceptors (Lipinski definition) is 4. The molecule has 0 bridgehead atoms. The van der Waals surface area contributed by atoms with Crippen molar-refractivity contribution < 1.29 is 9.47 Å². The number of benzene rings is 1. The van der Waals surface area contributed by atoms with Gasteiger partial charge in [0.15, 0.2) is 5.96 Å². The molecule has 2 heterocycles. The molecular weight excluding hydrogens is 378 g/mol. The van der Waals surface area contributed by atoms with Crippen molar-refractivity contribution in [1.29, 1.82) is 0 Å². The van der Waals surface area contributed by atoms with E-state index in [1.54, 1.807) is 7.11 Å². The van der Waals surface area contributed by atoms with E-state index < -0.39 is 0 Å². The molecule has 1 aliphatic rings. The van der Waals surface area contributed by atoms with Crippen molar-refractivity contribution in [2.45, 2.75) is 33.4 Å². The van der Waals surface area contributed by atoms with Gasteiger partial charge in [-0.1, -0.05) is 24.3 Å². The van der Waals surface area contributed by atoms with Gasteiger partial charge in [0, 0.05) is 51.6 Å². The summed E-state index contributed by atoms with van der Waals surface area (Å²) in [7, 11) is 1.70. The number of ether oxygens (including phenoxy) is 2. The van der Waals surface area contributed by atoms with E-state index in [1.165, 1.54) is 11.1 Å². The Kier molecular flexibility index (Phi) is 8.71. The van der Waals surface area contributed by atoms with Crippen LogP contribution in [0, 0.1) is 12.8 Å². The molecule has 0 aliphatic carbocycles. The molecule has 0 saturated carbocycles. The van der Waals surface area contributed by atoms with Crippen LogP contribution in [0.4, 0.5) is 0 Å². The summed E-state index contributed by atoms with van der Waals surface area (Å²) >= 11 is 0. The number of methoxy groups -OCH3 is 1. The minimum absolute atomic E-state index is 0.549. The van der Waals surface area contributed by atoms with Crippen molar-refractivity contribution in [1.82, 2.24) is 19.8 Å². The van der Waals surface area contributed by atoms with Crippen LogP contribution in [0.1, 0.15) is 30.3 Å². The fourth-order valence-electron chi connectivity index (χ4n) is 3.74. The number of imidazole rings is 1. The van der Waals surface area contributed by atoms with Crippen LogP contribution in [0.3, 0.4) is 0 Å². The highest BCUT2D eigenvalue weighted by Gasteiger charge is 2.24. The van der Waals surface area contributed by atoms with Gasteiger partial charge in [-0.05, 0) is 31.4 Å². The highest BCUT2D eigenvalue weighted by molar-refractivity contribution is 5.80. The van der Waals surface area contributed by atoms with E-state index in [-0.39, 0.29) is 0 Å². The van der Waals surface area contributed by atoms with Crippen molar-refractivity contribution in [3.8, 4) is 0 Å². The molecule has 1 aromatic heterocycles. The Morgan fingerprint density at radius 2 is 2.17 bits per heavy atom. The van der Waals surface area contributed by atoms with Crippen LogP contribution in [0.5, 0.6) is 0 Å². The predicted octanol–water partition coefficient (Wildman–Crippen LogP) is 2.69. The predicted molar refractivity (Wildman–Crippen MR) is 120 cm³/mol. The van der Waals surface area contributed by atoms with Crippen molar-refractivity contribution in [2.75, 3.05) is 46.6 Å². The van der Waals surface area contributed by atoms with Gasteiger partial charge in [-0.2, -0.15) is 0 Å². The largest absolute Gasteiger partial charge is 0.382 e. The first-order valence-electron chi connectivity index (χ1n) is 10.8. The number of hydrogen-bond donors (Lipinski definition) is 1. The average Bonchev–Trinajstić information content (AvgIpc) is 3.38. The molecule has 3 rings (SSSR count). The smallest absolute Gasteiger partial charge is 0.194 e. The lowest BCUT2D eigenvalue weighted by molar-refractivity contribution is 0.0536. The second-order valence-corrected chi connectivity index (χ2v) is 7.76. The van der Waals surface area contributed by atoms with Gasteiger partial charge in [-0.3, -0.25) is 0 Å². The second kappa shape index (κ2) is 11.7. The molecule has 30 heavy (non-hydrogen) atoms. The first kappa shape index (κ1) is 22.3.